The van der Waals surface area contributed by atoms with Gasteiger partial charge in [0, 0.05) is 24.0 Å². The minimum Gasteiger partial charge on any atom is -0.486 e. The third kappa shape index (κ3) is 4.18. The van der Waals surface area contributed by atoms with Gasteiger partial charge in [-0.25, -0.2) is 4.98 Å². The van der Waals surface area contributed by atoms with Crippen molar-refractivity contribution in [1.82, 2.24) is 15.2 Å². The van der Waals surface area contributed by atoms with E-state index >= 15 is 0 Å². The van der Waals surface area contributed by atoms with E-state index in [9.17, 15) is 9.59 Å². The van der Waals surface area contributed by atoms with Crippen LogP contribution < -0.4 is 10.1 Å². The van der Waals surface area contributed by atoms with Crippen LogP contribution in [0.15, 0.2) is 42.5 Å². The fourth-order valence-electron chi connectivity index (χ4n) is 5.68. The number of fused-ring (bicyclic) bond motifs is 2. The third-order valence-corrected chi connectivity index (χ3v) is 8.56. The standard InChI is InChI=1S/C28H28ClN3O3S/c1-15-31-23(25(36-15)16-6-4-8-19(29)10-16)27(34)32-20(11-18-12-22(18)32)14-30-26(33)21-9-5-7-17-13-28(2,3)35-24(17)21/h4-10,18,20,22H,11-14H2,1-3H3,(H,30,33)/t18-,20+,22+/m1/s1. The van der Waals surface area contributed by atoms with Gasteiger partial charge in [-0.3, -0.25) is 9.59 Å². The highest BCUT2D eigenvalue weighted by Crippen LogP contribution is 2.49. The van der Waals surface area contributed by atoms with E-state index in [4.69, 9.17) is 16.3 Å². The van der Waals surface area contributed by atoms with E-state index < -0.39 is 0 Å². The Morgan fingerprint density at radius 2 is 2.03 bits per heavy atom. The van der Waals surface area contributed by atoms with Crippen LogP contribution in [-0.4, -0.2) is 45.9 Å². The summed E-state index contributed by atoms with van der Waals surface area (Å²) in [5.74, 6) is 0.938. The quantitative estimate of drug-likeness (QED) is 0.480. The molecular weight excluding hydrogens is 494 g/mol. The average molecular weight is 522 g/mol. The summed E-state index contributed by atoms with van der Waals surface area (Å²) in [5.41, 5.74) is 2.66. The minimum absolute atomic E-state index is 0.0615. The van der Waals surface area contributed by atoms with Crippen molar-refractivity contribution in [2.24, 2.45) is 5.92 Å². The molecule has 3 aliphatic rings. The van der Waals surface area contributed by atoms with E-state index in [0.717, 1.165) is 40.3 Å². The summed E-state index contributed by atoms with van der Waals surface area (Å²) in [6.45, 7) is 6.38. The molecule has 8 heteroatoms. The van der Waals surface area contributed by atoms with Crippen molar-refractivity contribution >= 4 is 34.8 Å². The lowest BCUT2D eigenvalue weighted by Gasteiger charge is -2.28. The second-order valence-electron chi connectivity index (χ2n) is 10.6. The topological polar surface area (TPSA) is 71.5 Å². The second kappa shape index (κ2) is 8.60. The number of hydrogen-bond acceptors (Lipinski definition) is 5. The normalized spacial score (nSPS) is 23.1. The van der Waals surface area contributed by atoms with Crippen LogP contribution in [0.3, 0.4) is 0 Å². The fraction of sp³-hybridized carbons (Fsp3) is 0.393. The van der Waals surface area contributed by atoms with Gasteiger partial charge in [0.2, 0.25) is 0 Å². The molecule has 1 saturated carbocycles. The van der Waals surface area contributed by atoms with E-state index in [0.29, 0.717) is 34.5 Å². The molecule has 186 valence electrons. The highest BCUT2D eigenvalue weighted by molar-refractivity contribution is 7.15. The molecule has 1 aromatic heterocycles. The first-order chi connectivity index (χ1) is 17.2. The molecule has 3 atom stereocenters. The number of likely N-dealkylation sites (tertiary alicyclic amines) is 1. The average Bonchev–Trinajstić information content (AvgIpc) is 3.16. The molecule has 1 N–H and O–H groups in total. The lowest BCUT2D eigenvalue weighted by Crippen LogP contribution is -2.45. The van der Waals surface area contributed by atoms with Gasteiger partial charge >= 0.3 is 0 Å². The number of nitrogens with zero attached hydrogens (tertiary/aromatic N) is 2. The molecule has 1 saturated heterocycles. The Morgan fingerprint density at radius 1 is 1.22 bits per heavy atom. The Morgan fingerprint density at radius 3 is 2.83 bits per heavy atom. The summed E-state index contributed by atoms with van der Waals surface area (Å²) in [7, 11) is 0. The number of aromatic nitrogens is 1. The maximum absolute atomic E-state index is 13.8. The van der Waals surface area contributed by atoms with E-state index in [-0.39, 0.29) is 29.5 Å². The van der Waals surface area contributed by atoms with Crippen molar-refractivity contribution in [3.05, 3.63) is 69.3 Å². The van der Waals surface area contributed by atoms with Crippen LogP contribution in [0.5, 0.6) is 5.75 Å². The number of para-hydroxylation sites is 1. The van der Waals surface area contributed by atoms with Crippen molar-refractivity contribution in [1.29, 1.82) is 0 Å². The monoisotopic (exact) mass is 521 g/mol. The van der Waals surface area contributed by atoms with Gasteiger partial charge < -0.3 is 15.0 Å². The number of halogens is 1. The molecule has 0 radical (unpaired) electrons. The molecular formula is C28H28ClN3O3S. The molecule has 0 spiro atoms. The first kappa shape index (κ1) is 23.5. The molecule has 3 heterocycles. The van der Waals surface area contributed by atoms with Gasteiger partial charge in [0.25, 0.3) is 11.8 Å². The molecule has 0 bridgehead atoms. The van der Waals surface area contributed by atoms with Crippen LogP contribution in [0.25, 0.3) is 10.4 Å². The number of nitrogens with one attached hydrogen (secondary N) is 1. The molecule has 2 aromatic carbocycles. The second-order valence-corrected chi connectivity index (χ2v) is 12.3. The van der Waals surface area contributed by atoms with Crippen LogP contribution in [0.1, 0.15) is 58.1 Å². The minimum atomic E-state index is -0.318. The summed E-state index contributed by atoms with van der Waals surface area (Å²) in [5, 5.41) is 4.55. The van der Waals surface area contributed by atoms with Crippen molar-refractivity contribution in [3.8, 4) is 16.2 Å². The number of aryl methyl sites for hydroxylation is 1. The fourth-order valence-corrected chi connectivity index (χ4v) is 6.77. The lowest BCUT2D eigenvalue weighted by atomic mass is 10.0. The van der Waals surface area contributed by atoms with Crippen LogP contribution in [0.2, 0.25) is 5.02 Å². The number of hydrogen-bond donors (Lipinski definition) is 1. The number of carbonyl (C=O) groups excluding carboxylic acids is 2. The van der Waals surface area contributed by atoms with E-state index in [1.54, 1.807) is 6.07 Å². The molecule has 2 aliphatic heterocycles. The van der Waals surface area contributed by atoms with Crippen molar-refractivity contribution in [3.63, 3.8) is 0 Å². The molecule has 1 aliphatic carbocycles. The molecule has 3 aromatic rings. The SMILES string of the molecule is Cc1nc(C(=O)N2[C@H](CNC(=O)c3cccc4c3OC(C)(C)C4)C[C@@H]3C[C@@H]32)c(-c2cccc(Cl)c2)s1. The van der Waals surface area contributed by atoms with Crippen molar-refractivity contribution in [2.75, 3.05) is 6.54 Å². The largest absolute Gasteiger partial charge is 0.486 e. The molecule has 2 fully saturated rings. The van der Waals surface area contributed by atoms with Gasteiger partial charge in [-0.2, -0.15) is 0 Å². The van der Waals surface area contributed by atoms with E-state index in [1.807, 2.05) is 62.1 Å². The predicted octanol–water partition coefficient (Wildman–Crippen LogP) is 5.52. The summed E-state index contributed by atoms with van der Waals surface area (Å²) in [6.07, 6.45) is 2.68. The Bertz CT molecular complexity index is 1380. The van der Waals surface area contributed by atoms with Gasteiger partial charge in [-0.05, 0) is 68.9 Å². The van der Waals surface area contributed by atoms with E-state index in [2.05, 4.69) is 10.3 Å². The highest BCUT2D eigenvalue weighted by atomic mass is 35.5. The Hall–Kier alpha value is -2.90. The number of thiazole rings is 1. The van der Waals surface area contributed by atoms with Crippen LogP contribution in [-0.2, 0) is 6.42 Å². The first-order valence-electron chi connectivity index (χ1n) is 12.4. The van der Waals surface area contributed by atoms with Crippen LogP contribution >= 0.6 is 22.9 Å². The third-order valence-electron chi connectivity index (χ3n) is 7.30. The number of piperidine rings is 1. The highest BCUT2D eigenvalue weighted by Gasteiger charge is 2.54. The zero-order valence-electron chi connectivity index (χ0n) is 20.5. The smallest absolute Gasteiger partial charge is 0.274 e. The summed E-state index contributed by atoms with van der Waals surface area (Å²) in [4.78, 5) is 34.4. The Labute approximate surface area is 219 Å². The molecule has 36 heavy (non-hydrogen) atoms. The number of benzene rings is 2. The van der Waals surface area contributed by atoms with Gasteiger partial charge in [0.05, 0.1) is 21.5 Å². The van der Waals surface area contributed by atoms with Crippen LogP contribution in [0, 0.1) is 12.8 Å². The van der Waals surface area contributed by atoms with E-state index in [1.165, 1.54) is 11.3 Å². The number of carbonyl (C=O) groups is 2. The maximum Gasteiger partial charge on any atom is 0.274 e. The van der Waals surface area contributed by atoms with Gasteiger partial charge in [-0.15, -0.1) is 11.3 Å². The molecule has 6 nitrogen and oxygen atoms in total. The number of amides is 2. The number of ether oxygens (including phenoxy) is 1. The summed E-state index contributed by atoms with van der Waals surface area (Å²) >= 11 is 7.73. The predicted molar refractivity (Wildman–Crippen MR) is 141 cm³/mol. The zero-order valence-corrected chi connectivity index (χ0v) is 22.1. The Kier molecular flexibility index (Phi) is 5.61. The lowest BCUT2D eigenvalue weighted by molar-refractivity contribution is 0.0683. The van der Waals surface area contributed by atoms with Crippen molar-refractivity contribution in [2.45, 2.75) is 57.7 Å². The molecule has 6 rings (SSSR count). The van der Waals surface area contributed by atoms with Gasteiger partial charge in [0.15, 0.2) is 0 Å². The van der Waals surface area contributed by atoms with Crippen LogP contribution in [0.4, 0.5) is 0 Å². The number of rotatable bonds is 5. The summed E-state index contributed by atoms with van der Waals surface area (Å²) < 4.78 is 6.08. The van der Waals surface area contributed by atoms with Gasteiger partial charge in [-0.1, -0.05) is 35.9 Å². The molecule has 0 unspecified atom stereocenters. The van der Waals surface area contributed by atoms with Crippen molar-refractivity contribution < 1.29 is 14.3 Å². The molecule has 2 amide bonds. The Balaban J connectivity index is 1.21. The van der Waals surface area contributed by atoms with Gasteiger partial charge in [0.1, 0.15) is 17.0 Å². The zero-order chi connectivity index (χ0) is 25.2. The maximum atomic E-state index is 13.8. The summed E-state index contributed by atoms with van der Waals surface area (Å²) in [6, 6.07) is 13.4. The first-order valence-corrected chi connectivity index (χ1v) is 13.5.